The van der Waals surface area contributed by atoms with Gasteiger partial charge in [-0.05, 0) is 0 Å². The van der Waals surface area contributed by atoms with Crippen LogP contribution in [-0.2, 0) is 25.8 Å². The molecule has 0 aromatic rings. The molecular formula is C2H9OSc-. The van der Waals surface area contributed by atoms with Gasteiger partial charge >= 0.3 is 0 Å². The summed E-state index contributed by atoms with van der Waals surface area (Å²) in [5.74, 6) is 0. The Kier molecular flexibility index (Phi) is 1140. The van der Waals surface area contributed by atoms with Crippen molar-refractivity contribution in [3.8, 4) is 0 Å². The third kappa shape index (κ3) is 13.8. The average Bonchev–Trinajstić information content (AvgIpc) is 0. The molecule has 1 radical (unpaired) electrons. The van der Waals surface area contributed by atoms with Crippen LogP contribution in [0.25, 0.3) is 0 Å². The fourth-order valence-electron chi connectivity index (χ4n) is 0. The number of hydrogen-bond acceptors (Lipinski definition) is 1. The maximum atomic E-state index is 0. The third-order valence-electron chi connectivity index (χ3n) is 0. The minimum Gasteiger partial charge on any atom is -0.870 e. The Morgan fingerprint density at radius 1 is 0.750 bits per heavy atom. The summed E-state index contributed by atoms with van der Waals surface area (Å²) in [5, 5.41) is 0. The first kappa shape index (κ1) is 103. The fourth-order valence-corrected chi connectivity index (χ4v) is 0. The van der Waals surface area contributed by atoms with Crippen LogP contribution in [0.4, 0.5) is 0 Å². The molecule has 0 fully saturated rings. The van der Waals surface area contributed by atoms with E-state index in [2.05, 4.69) is 0 Å². The van der Waals surface area contributed by atoms with Gasteiger partial charge in [0.25, 0.3) is 0 Å². The van der Waals surface area contributed by atoms with E-state index in [1.165, 1.54) is 0 Å². The molecule has 0 spiro atoms. The molecule has 0 bridgehead atoms. The Morgan fingerprint density at radius 3 is 0.750 bits per heavy atom. The van der Waals surface area contributed by atoms with Crippen LogP contribution in [0.5, 0.6) is 0 Å². The van der Waals surface area contributed by atoms with Gasteiger partial charge in [-0.2, -0.15) is 0 Å². The molecule has 0 saturated carbocycles. The maximum Gasteiger partial charge on any atom is 0 e. The van der Waals surface area contributed by atoms with Crippen LogP contribution >= 0.6 is 0 Å². The smallest absolute Gasteiger partial charge is 0 e. The molecule has 0 saturated heterocycles. The van der Waals surface area contributed by atoms with Crippen molar-refractivity contribution < 1.29 is 31.3 Å². The van der Waals surface area contributed by atoms with Gasteiger partial charge in [0.15, 0.2) is 0 Å². The molecule has 0 aliphatic carbocycles. The molecule has 0 atom stereocenters. The zero-order valence-corrected chi connectivity index (χ0v) is 2.83. The van der Waals surface area contributed by atoms with E-state index < -0.39 is 0 Å². The van der Waals surface area contributed by atoms with E-state index >= 15 is 0 Å². The molecular weight excluding hydrogens is 85.0 g/mol. The first-order chi connectivity index (χ1) is 0. The zero-order chi connectivity index (χ0) is 0. The van der Waals surface area contributed by atoms with Crippen molar-refractivity contribution in [2.45, 2.75) is 14.9 Å². The van der Waals surface area contributed by atoms with E-state index in [0.29, 0.717) is 0 Å². The number of hydrogen-bond donors (Lipinski definition) is 0. The molecule has 2 heteroatoms. The molecule has 0 aliphatic rings. The first-order valence-corrected chi connectivity index (χ1v) is 0. The predicted molar refractivity (Wildman–Crippen MR) is 15.4 cm³/mol. The van der Waals surface area contributed by atoms with E-state index in [-0.39, 0.29) is 46.2 Å². The largest absolute Gasteiger partial charge is 0.870 e. The van der Waals surface area contributed by atoms with Gasteiger partial charge in [0.1, 0.15) is 0 Å². The second-order valence-corrected chi connectivity index (χ2v) is 0. The van der Waals surface area contributed by atoms with Gasteiger partial charge in [-0.25, -0.2) is 0 Å². The monoisotopic (exact) mass is 94.0 g/mol. The fraction of sp³-hybridized carbons (Fsp3) is 1.00. The summed E-state index contributed by atoms with van der Waals surface area (Å²) in [6.07, 6.45) is 0. The normalized spacial score (nSPS) is 0. The maximum absolute atomic E-state index is 0. The molecule has 27 valence electrons. The van der Waals surface area contributed by atoms with Gasteiger partial charge in [0.05, 0.1) is 0 Å². The van der Waals surface area contributed by atoms with Crippen LogP contribution in [-0.4, -0.2) is 5.48 Å². The van der Waals surface area contributed by atoms with Gasteiger partial charge in [-0.1, -0.05) is 14.9 Å². The second-order valence-electron chi connectivity index (χ2n) is 0. The minimum atomic E-state index is 0. The summed E-state index contributed by atoms with van der Waals surface area (Å²) >= 11 is 0. The standard InChI is InChI=1S/2CH4.H2O.Sc/h2*1H4;1H2;/p-1. The van der Waals surface area contributed by atoms with Crippen molar-refractivity contribution in [3.63, 3.8) is 0 Å². The SMILES string of the molecule is C.C.[OH-].[Sc]. The molecule has 0 aromatic heterocycles. The van der Waals surface area contributed by atoms with Crippen LogP contribution in [0, 0.1) is 0 Å². The Labute approximate surface area is 46.5 Å². The van der Waals surface area contributed by atoms with E-state index in [1.54, 1.807) is 0 Å². The van der Waals surface area contributed by atoms with E-state index in [0.717, 1.165) is 0 Å². The van der Waals surface area contributed by atoms with Crippen molar-refractivity contribution >= 4 is 0 Å². The van der Waals surface area contributed by atoms with Crippen molar-refractivity contribution in [1.82, 2.24) is 0 Å². The van der Waals surface area contributed by atoms with Crippen LogP contribution in [0.3, 0.4) is 0 Å². The molecule has 0 rings (SSSR count). The molecule has 1 N–H and O–H groups in total. The third-order valence-corrected chi connectivity index (χ3v) is 0. The Hall–Kier alpha value is 0.830. The van der Waals surface area contributed by atoms with Crippen molar-refractivity contribution in [3.05, 3.63) is 0 Å². The first-order valence-electron chi connectivity index (χ1n) is 0. The predicted octanol–water partition coefficient (Wildman–Crippen LogP) is 1.09. The Bertz CT molecular complexity index is 6.00. The van der Waals surface area contributed by atoms with Gasteiger partial charge in [-0.3, -0.25) is 0 Å². The van der Waals surface area contributed by atoms with Gasteiger partial charge < -0.3 is 5.48 Å². The molecule has 4 heavy (non-hydrogen) atoms. The molecule has 0 heterocycles. The molecule has 0 amide bonds. The second kappa shape index (κ2) is 44.5. The Balaban J connectivity index is 0. The molecule has 1 nitrogen and oxygen atoms in total. The summed E-state index contributed by atoms with van der Waals surface area (Å²) < 4.78 is 0. The molecule has 0 aliphatic heterocycles. The van der Waals surface area contributed by atoms with Gasteiger partial charge in [0, 0.05) is 25.8 Å². The average molecular weight is 94.0 g/mol. The Morgan fingerprint density at radius 2 is 0.750 bits per heavy atom. The summed E-state index contributed by atoms with van der Waals surface area (Å²) in [6, 6.07) is 0. The van der Waals surface area contributed by atoms with Crippen molar-refractivity contribution in [2.24, 2.45) is 0 Å². The number of rotatable bonds is 0. The van der Waals surface area contributed by atoms with Crippen LogP contribution in [0.2, 0.25) is 0 Å². The van der Waals surface area contributed by atoms with Crippen LogP contribution in [0.15, 0.2) is 0 Å². The quantitative estimate of drug-likeness (QED) is 0.442. The van der Waals surface area contributed by atoms with Crippen molar-refractivity contribution in [2.75, 3.05) is 0 Å². The topological polar surface area (TPSA) is 30.0 Å². The van der Waals surface area contributed by atoms with Crippen molar-refractivity contribution in [1.29, 1.82) is 0 Å². The summed E-state index contributed by atoms with van der Waals surface area (Å²) in [5.41, 5.74) is 0. The minimum absolute atomic E-state index is 0. The summed E-state index contributed by atoms with van der Waals surface area (Å²) in [6.45, 7) is 0. The van der Waals surface area contributed by atoms with Gasteiger partial charge in [-0.15, -0.1) is 0 Å². The van der Waals surface area contributed by atoms with Crippen LogP contribution in [0.1, 0.15) is 14.9 Å². The zero-order valence-electron chi connectivity index (χ0n) is 1.02. The molecule has 0 unspecified atom stereocenters. The van der Waals surface area contributed by atoms with Gasteiger partial charge in [0.2, 0.25) is 0 Å². The molecule has 0 aromatic carbocycles. The van der Waals surface area contributed by atoms with E-state index in [4.69, 9.17) is 0 Å². The van der Waals surface area contributed by atoms with E-state index in [9.17, 15) is 0 Å². The summed E-state index contributed by atoms with van der Waals surface area (Å²) in [7, 11) is 0. The summed E-state index contributed by atoms with van der Waals surface area (Å²) in [4.78, 5) is 0. The van der Waals surface area contributed by atoms with Crippen LogP contribution < -0.4 is 0 Å². The van der Waals surface area contributed by atoms with E-state index in [1.807, 2.05) is 0 Å².